The van der Waals surface area contributed by atoms with Crippen LogP contribution in [0, 0.1) is 11.2 Å². The summed E-state index contributed by atoms with van der Waals surface area (Å²) in [5.41, 5.74) is -0.203. The van der Waals surface area contributed by atoms with Crippen molar-refractivity contribution in [3.05, 3.63) is 65.7 Å². The highest BCUT2D eigenvalue weighted by molar-refractivity contribution is 6.13. The van der Waals surface area contributed by atoms with Crippen LogP contribution >= 0.6 is 0 Å². The zero-order chi connectivity index (χ0) is 29.8. The molecule has 11 nitrogen and oxygen atoms in total. The molecule has 218 valence electrons. The van der Waals surface area contributed by atoms with Gasteiger partial charge in [-0.15, -0.1) is 0 Å². The lowest BCUT2D eigenvalue weighted by atomic mass is 9.73. The number of rotatable bonds is 10. The summed E-state index contributed by atoms with van der Waals surface area (Å²) in [7, 11) is 1.61. The molecule has 0 aliphatic carbocycles. The molecule has 1 saturated heterocycles. The molecule has 2 aliphatic rings. The zero-order valence-corrected chi connectivity index (χ0v) is 23.4. The molecule has 0 radical (unpaired) electrons. The second kappa shape index (κ2) is 12.0. The van der Waals surface area contributed by atoms with Crippen molar-refractivity contribution in [2.75, 3.05) is 20.1 Å². The summed E-state index contributed by atoms with van der Waals surface area (Å²) >= 11 is 0. The van der Waals surface area contributed by atoms with Crippen LogP contribution in [0.1, 0.15) is 44.4 Å². The first-order valence-electron chi connectivity index (χ1n) is 13.5. The van der Waals surface area contributed by atoms with E-state index in [0.717, 1.165) is 17.5 Å². The van der Waals surface area contributed by atoms with Gasteiger partial charge in [0.1, 0.15) is 22.8 Å². The smallest absolute Gasteiger partial charge is 0.405 e. The highest BCUT2D eigenvalue weighted by Crippen LogP contribution is 2.38. The number of halogens is 1. The third-order valence-electron chi connectivity index (χ3n) is 7.57. The van der Waals surface area contributed by atoms with Gasteiger partial charge in [-0.2, -0.15) is 5.10 Å². The number of fused-ring (bicyclic) bond motifs is 1. The molecule has 4 rings (SSSR count). The van der Waals surface area contributed by atoms with Crippen LogP contribution in [0.4, 0.5) is 9.18 Å². The Kier molecular flexibility index (Phi) is 8.69. The maximum Gasteiger partial charge on any atom is 0.405 e. The molecule has 12 heteroatoms. The summed E-state index contributed by atoms with van der Waals surface area (Å²) < 4.78 is 13.3. The van der Waals surface area contributed by atoms with Gasteiger partial charge in [0.05, 0.1) is 11.9 Å². The molecule has 2 aromatic rings. The minimum Gasteiger partial charge on any atom is -0.465 e. The highest BCUT2D eigenvalue weighted by atomic mass is 19.1. The fourth-order valence-electron chi connectivity index (χ4n) is 5.40. The van der Waals surface area contributed by atoms with E-state index in [4.69, 9.17) is 5.11 Å². The molecule has 3 N–H and O–H groups in total. The molecule has 2 atom stereocenters. The van der Waals surface area contributed by atoms with Crippen molar-refractivity contribution < 1.29 is 28.7 Å². The number of carboxylic acid groups (broad SMARTS) is 1. The van der Waals surface area contributed by atoms with Gasteiger partial charge in [-0.05, 0) is 57.2 Å². The molecule has 1 aromatic heterocycles. The van der Waals surface area contributed by atoms with Crippen molar-refractivity contribution in [1.82, 2.24) is 25.5 Å². The van der Waals surface area contributed by atoms with Crippen LogP contribution in [0.2, 0.25) is 0 Å². The van der Waals surface area contributed by atoms with Gasteiger partial charge in [-0.1, -0.05) is 30.3 Å². The number of carbonyl (C=O) groups excluding carboxylic acids is 3. The average molecular weight is 567 g/mol. The average Bonchev–Trinajstić information content (AvgIpc) is 3.17. The number of hydrazone groups is 1. The first kappa shape index (κ1) is 29.6. The maximum atomic E-state index is 14.0. The van der Waals surface area contributed by atoms with Crippen LogP contribution in [0.3, 0.4) is 0 Å². The molecule has 2 unspecified atom stereocenters. The Morgan fingerprint density at radius 2 is 1.90 bits per heavy atom. The van der Waals surface area contributed by atoms with E-state index in [-0.39, 0.29) is 24.8 Å². The molecule has 0 bridgehead atoms. The van der Waals surface area contributed by atoms with Crippen molar-refractivity contribution in [3.8, 4) is 0 Å². The van der Waals surface area contributed by atoms with Gasteiger partial charge < -0.3 is 20.6 Å². The van der Waals surface area contributed by atoms with Crippen molar-refractivity contribution >= 4 is 29.5 Å². The Hall–Kier alpha value is -4.35. The Labute approximate surface area is 237 Å². The zero-order valence-electron chi connectivity index (χ0n) is 23.4. The Bertz CT molecular complexity index is 1330. The normalized spacial score (nSPS) is 19.3. The van der Waals surface area contributed by atoms with E-state index >= 15 is 0 Å². The molecule has 0 saturated carbocycles. The van der Waals surface area contributed by atoms with Crippen molar-refractivity contribution in [1.29, 1.82) is 0 Å². The minimum atomic E-state index is -1.50. The van der Waals surface area contributed by atoms with E-state index in [0.29, 0.717) is 37.9 Å². The predicted octanol–water partition coefficient (Wildman–Crippen LogP) is 2.36. The summed E-state index contributed by atoms with van der Waals surface area (Å²) in [6.07, 6.45) is 1.64. The number of nitrogens with one attached hydrogen (secondary N) is 2. The molecule has 1 aromatic carbocycles. The Balaban J connectivity index is 1.56. The van der Waals surface area contributed by atoms with Gasteiger partial charge in [0.25, 0.3) is 5.91 Å². The highest BCUT2D eigenvalue weighted by Gasteiger charge is 2.54. The summed E-state index contributed by atoms with van der Waals surface area (Å²) in [6, 6.07) is 11.4. The number of nitrogens with zero attached hydrogens (tertiary/aromatic N) is 4. The molecular weight excluding hydrogens is 531 g/mol. The molecule has 1 fully saturated rings. The summed E-state index contributed by atoms with van der Waals surface area (Å²) in [4.78, 5) is 57.5. The number of likely N-dealkylation sites (tertiary alicyclic amines) is 1. The number of benzene rings is 1. The van der Waals surface area contributed by atoms with Gasteiger partial charge >= 0.3 is 6.09 Å². The topological polar surface area (TPSA) is 144 Å². The molecular formula is C29H35FN6O5. The number of aromatic nitrogens is 1. The van der Waals surface area contributed by atoms with Crippen LogP contribution < -0.4 is 10.6 Å². The Morgan fingerprint density at radius 1 is 1.17 bits per heavy atom. The lowest BCUT2D eigenvalue weighted by Crippen LogP contribution is -2.61. The number of piperidine rings is 1. The quantitative estimate of drug-likeness (QED) is 0.403. The maximum absolute atomic E-state index is 14.0. The van der Waals surface area contributed by atoms with Crippen LogP contribution in [-0.4, -0.2) is 81.2 Å². The number of aryl methyl sites for hydroxylation is 1. The summed E-state index contributed by atoms with van der Waals surface area (Å²) in [6.45, 7) is 3.24. The van der Waals surface area contributed by atoms with Crippen LogP contribution in [0.15, 0.2) is 53.8 Å². The van der Waals surface area contributed by atoms with E-state index in [2.05, 4.69) is 20.7 Å². The first-order valence-corrected chi connectivity index (χ1v) is 13.5. The van der Waals surface area contributed by atoms with Crippen LogP contribution in [0.5, 0.6) is 0 Å². The van der Waals surface area contributed by atoms with E-state index in [1.807, 2.05) is 30.3 Å². The van der Waals surface area contributed by atoms with Crippen LogP contribution in [0.25, 0.3) is 0 Å². The lowest BCUT2D eigenvalue weighted by Gasteiger charge is -2.41. The van der Waals surface area contributed by atoms with Gasteiger partial charge in [0.2, 0.25) is 11.8 Å². The number of carbonyl (C=O) groups is 4. The number of hydrogen-bond acceptors (Lipinski definition) is 6. The summed E-state index contributed by atoms with van der Waals surface area (Å²) in [5, 5.41) is 19.9. The van der Waals surface area contributed by atoms with Gasteiger partial charge in [0.15, 0.2) is 0 Å². The lowest BCUT2D eigenvalue weighted by molar-refractivity contribution is -0.142. The van der Waals surface area contributed by atoms with E-state index in [1.54, 1.807) is 18.0 Å². The minimum absolute atomic E-state index is 0.103. The monoisotopic (exact) mass is 566 g/mol. The molecule has 4 amide bonds. The van der Waals surface area contributed by atoms with Crippen LogP contribution in [-0.2, 0) is 27.2 Å². The van der Waals surface area contributed by atoms with E-state index < -0.39 is 34.8 Å². The second-order valence-corrected chi connectivity index (χ2v) is 11.1. The van der Waals surface area contributed by atoms with Gasteiger partial charge in [0, 0.05) is 32.3 Å². The second-order valence-electron chi connectivity index (χ2n) is 11.1. The molecule has 41 heavy (non-hydrogen) atoms. The predicted molar refractivity (Wildman–Crippen MR) is 148 cm³/mol. The standard InChI is InChI=1S/C29H35FN6O5/c1-28(2,33-27(40)41)25(38)32-22(11-7-10-21-13-12-20(30)17-31-21)24(37)36-15-14-23-29(18-36,26(39)35(3)34-23)16-19-8-5-4-6-9-19/h4-6,8-9,12-13,17,22,33H,7,10-11,14-16,18H2,1-3H3,(H,32,38)(H,40,41). The number of pyridine rings is 1. The largest absolute Gasteiger partial charge is 0.465 e. The number of hydrogen-bond donors (Lipinski definition) is 3. The fraction of sp³-hybridized carbons (Fsp3) is 0.448. The molecule has 0 spiro atoms. The molecule has 3 heterocycles. The van der Waals surface area contributed by atoms with Crippen molar-refractivity contribution in [2.24, 2.45) is 10.5 Å². The number of amides is 4. The van der Waals surface area contributed by atoms with Crippen molar-refractivity contribution in [3.63, 3.8) is 0 Å². The molecule has 2 aliphatic heterocycles. The van der Waals surface area contributed by atoms with E-state index in [9.17, 15) is 23.6 Å². The third-order valence-corrected chi connectivity index (χ3v) is 7.57. The third kappa shape index (κ3) is 6.69. The first-order chi connectivity index (χ1) is 19.4. The SMILES string of the molecule is CN1N=C2CCN(C(=O)C(CCCc3ccc(F)cn3)NC(=O)C(C)(C)NC(=O)O)CC2(Cc2ccccc2)C1=O. The van der Waals surface area contributed by atoms with E-state index in [1.165, 1.54) is 24.9 Å². The van der Waals surface area contributed by atoms with Gasteiger partial charge in [-0.25, -0.2) is 14.2 Å². The fourth-order valence-corrected chi connectivity index (χ4v) is 5.40. The Morgan fingerprint density at radius 3 is 2.56 bits per heavy atom. The van der Waals surface area contributed by atoms with Gasteiger partial charge in [-0.3, -0.25) is 19.4 Å². The van der Waals surface area contributed by atoms with Crippen molar-refractivity contribution in [2.45, 2.75) is 57.5 Å². The summed E-state index contributed by atoms with van der Waals surface area (Å²) in [5.74, 6) is -1.67.